The number of ether oxygens (including phenoxy) is 1. The summed E-state index contributed by atoms with van der Waals surface area (Å²) >= 11 is 0. The lowest BCUT2D eigenvalue weighted by atomic mass is 10.2. The fraction of sp³-hybridized carbons (Fsp3) is 0.182. The molecule has 0 aliphatic heterocycles. The Labute approximate surface area is 162 Å². The van der Waals surface area contributed by atoms with Crippen LogP contribution in [0.15, 0.2) is 48.8 Å². The zero-order valence-corrected chi connectivity index (χ0v) is 16.2. The number of fused-ring (bicyclic) bond motifs is 1. The molecule has 2 aromatic carbocycles. The van der Waals surface area contributed by atoms with Crippen LogP contribution in [0.5, 0.6) is 5.75 Å². The SMILES string of the molecule is COc1ccc(C)cc1Nc1ncnc2c1c(C)c(C)n2-c1ccc(F)cc1. The van der Waals surface area contributed by atoms with Gasteiger partial charge in [0.15, 0.2) is 5.65 Å². The van der Waals surface area contributed by atoms with Crippen molar-refractivity contribution in [2.24, 2.45) is 0 Å². The molecule has 4 aromatic rings. The van der Waals surface area contributed by atoms with Crippen LogP contribution in [0.25, 0.3) is 16.7 Å². The zero-order chi connectivity index (χ0) is 19.8. The summed E-state index contributed by atoms with van der Waals surface area (Å²) in [4.78, 5) is 8.99. The minimum Gasteiger partial charge on any atom is -0.495 e. The van der Waals surface area contributed by atoms with Crippen LogP contribution in [0.2, 0.25) is 0 Å². The Balaban J connectivity index is 1.89. The normalized spacial score (nSPS) is 11.0. The Hall–Kier alpha value is -3.41. The summed E-state index contributed by atoms with van der Waals surface area (Å²) in [5.41, 5.74) is 5.68. The quantitative estimate of drug-likeness (QED) is 0.529. The van der Waals surface area contributed by atoms with Gasteiger partial charge in [0, 0.05) is 11.4 Å². The molecule has 0 radical (unpaired) electrons. The molecule has 0 unspecified atom stereocenters. The van der Waals surface area contributed by atoms with Crippen LogP contribution in [0, 0.1) is 26.6 Å². The van der Waals surface area contributed by atoms with Crippen molar-refractivity contribution >= 4 is 22.5 Å². The summed E-state index contributed by atoms with van der Waals surface area (Å²) in [5, 5.41) is 4.32. The van der Waals surface area contributed by atoms with Crippen molar-refractivity contribution in [3.8, 4) is 11.4 Å². The van der Waals surface area contributed by atoms with Gasteiger partial charge in [0.25, 0.3) is 0 Å². The van der Waals surface area contributed by atoms with Gasteiger partial charge in [-0.1, -0.05) is 6.07 Å². The van der Waals surface area contributed by atoms with E-state index in [1.807, 2.05) is 43.5 Å². The Morgan fingerprint density at radius 1 is 1.00 bits per heavy atom. The fourth-order valence-corrected chi connectivity index (χ4v) is 3.45. The molecule has 0 bridgehead atoms. The molecular weight excluding hydrogens is 355 g/mol. The number of rotatable bonds is 4. The molecule has 0 aliphatic rings. The van der Waals surface area contributed by atoms with Crippen LogP contribution in [0.1, 0.15) is 16.8 Å². The van der Waals surface area contributed by atoms with Gasteiger partial charge in [0.2, 0.25) is 0 Å². The highest BCUT2D eigenvalue weighted by molar-refractivity contribution is 5.94. The second kappa shape index (κ2) is 6.96. The predicted octanol–water partition coefficient (Wildman–Crippen LogP) is 5.24. The molecule has 4 rings (SSSR count). The lowest BCUT2D eigenvalue weighted by Gasteiger charge is -2.12. The van der Waals surface area contributed by atoms with E-state index in [0.717, 1.165) is 45.0 Å². The van der Waals surface area contributed by atoms with Gasteiger partial charge < -0.3 is 10.1 Å². The van der Waals surface area contributed by atoms with Crippen LogP contribution >= 0.6 is 0 Å². The highest BCUT2D eigenvalue weighted by Crippen LogP contribution is 2.35. The van der Waals surface area contributed by atoms with Gasteiger partial charge in [0.1, 0.15) is 23.7 Å². The van der Waals surface area contributed by atoms with Crippen molar-refractivity contribution in [2.45, 2.75) is 20.8 Å². The first-order valence-electron chi connectivity index (χ1n) is 9.00. The molecular formula is C22H21FN4O. The summed E-state index contributed by atoms with van der Waals surface area (Å²) in [6, 6.07) is 12.4. The smallest absolute Gasteiger partial charge is 0.150 e. The number of methoxy groups -OCH3 is 1. The van der Waals surface area contributed by atoms with Crippen LogP contribution in [0.3, 0.4) is 0 Å². The molecule has 2 aromatic heterocycles. The number of aromatic nitrogens is 3. The summed E-state index contributed by atoms with van der Waals surface area (Å²) in [6.07, 6.45) is 1.53. The highest BCUT2D eigenvalue weighted by atomic mass is 19.1. The molecule has 2 heterocycles. The molecule has 0 atom stereocenters. The lowest BCUT2D eigenvalue weighted by Crippen LogP contribution is -2.00. The zero-order valence-electron chi connectivity index (χ0n) is 16.2. The third kappa shape index (κ3) is 2.97. The largest absolute Gasteiger partial charge is 0.495 e. The monoisotopic (exact) mass is 376 g/mol. The van der Waals surface area contributed by atoms with E-state index in [9.17, 15) is 4.39 Å². The van der Waals surface area contributed by atoms with E-state index in [0.29, 0.717) is 5.82 Å². The van der Waals surface area contributed by atoms with Crippen LogP contribution in [0.4, 0.5) is 15.9 Å². The first kappa shape index (κ1) is 18.0. The second-order valence-corrected chi connectivity index (χ2v) is 6.77. The number of hydrogen-bond donors (Lipinski definition) is 1. The van der Waals surface area contributed by atoms with E-state index in [2.05, 4.69) is 15.3 Å². The molecule has 0 fully saturated rings. The van der Waals surface area contributed by atoms with Gasteiger partial charge >= 0.3 is 0 Å². The van der Waals surface area contributed by atoms with Crippen molar-refractivity contribution < 1.29 is 9.13 Å². The van der Waals surface area contributed by atoms with Gasteiger partial charge in [-0.25, -0.2) is 14.4 Å². The predicted molar refractivity (Wildman–Crippen MR) is 109 cm³/mol. The molecule has 0 amide bonds. The minimum atomic E-state index is -0.266. The van der Waals surface area contributed by atoms with Crippen molar-refractivity contribution in [2.75, 3.05) is 12.4 Å². The Kier molecular flexibility index (Phi) is 4.47. The fourth-order valence-electron chi connectivity index (χ4n) is 3.45. The third-order valence-electron chi connectivity index (χ3n) is 4.99. The van der Waals surface area contributed by atoms with E-state index in [4.69, 9.17) is 4.74 Å². The van der Waals surface area contributed by atoms with Crippen molar-refractivity contribution in [3.05, 3.63) is 71.4 Å². The van der Waals surface area contributed by atoms with Crippen LogP contribution in [-0.4, -0.2) is 21.6 Å². The van der Waals surface area contributed by atoms with Gasteiger partial charge in [-0.2, -0.15) is 0 Å². The summed E-state index contributed by atoms with van der Waals surface area (Å²) in [6.45, 7) is 6.09. The van der Waals surface area contributed by atoms with E-state index in [-0.39, 0.29) is 5.82 Å². The average Bonchev–Trinajstić information content (AvgIpc) is 2.94. The maximum absolute atomic E-state index is 13.4. The van der Waals surface area contributed by atoms with E-state index in [1.165, 1.54) is 18.5 Å². The minimum absolute atomic E-state index is 0.266. The first-order valence-corrected chi connectivity index (χ1v) is 9.00. The second-order valence-electron chi connectivity index (χ2n) is 6.77. The molecule has 142 valence electrons. The van der Waals surface area contributed by atoms with Crippen LogP contribution < -0.4 is 10.1 Å². The van der Waals surface area contributed by atoms with Crippen molar-refractivity contribution in [1.82, 2.24) is 14.5 Å². The van der Waals surface area contributed by atoms with Crippen LogP contribution in [-0.2, 0) is 0 Å². The number of nitrogens with one attached hydrogen (secondary N) is 1. The highest BCUT2D eigenvalue weighted by Gasteiger charge is 2.18. The molecule has 0 aliphatic carbocycles. The van der Waals surface area contributed by atoms with Gasteiger partial charge in [-0.05, 0) is 68.3 Å². The molecule has 0 spiro atoms. The number of halogens is 1. The standard InChI is InChI=1S/C22H21FN4O/c1-13-5-10-19(28-4)18(11-13)26-21-20-14(2)15(3)27(22(20)25-12-24-21)17-8-6-16(23)7-9-17/h5-12H,1-4H3,(H,24,25,26). The van der Waals surface area contributed by atoms with E-state index < -0.39 is 0 Å². The Morgan fingerprint density at radius 2 is 1.75 bits per heavy atom. The van der Waals surface area contributed by atoms with Gasteiger partial charge in [-0.3, -0.25) is 4.57 Å². The summed E-state index contributed by atoms with van der Waals surface area (Å²) in [5.74, 6) is 1.18. The number of nitrogens with zero attached hydrogens (tertiary/aromatic N) is 3. The number of benzene rings is 2. The molecule has 6 heteroatoms. The van der Waals surface area contributed by atoms with E-state index in [1.54, 1.807) is 19.2 Å². The topological polar surface area (TPSA) is 52.0 Å². The lowest BCUT2D eigenvalue weighted by molar-refractivity contribution is 0.416. The maximum Gasteiger partial charge on any atom is 0.150 e. The molecule has 5 nitrogen and oxygen atoms in total. The number of anilines is 2. The van der Waals surface area contributed by atoms with Crippen molar-refractivity contribution in [3.63, 3.8) is 0 Å². The molecule has 0 saturated carbocycles. The average molecular weight is 376 g/mol. The first-order chi connectivity index (χ1) is 13.5. The summed E-state index contributed by atoms with van der Waals surface area (Å²) < 4.78 is 20.9. The number of hydrogen-bond acceptors (Lipinski definition) is 4. The maximum atomic E-state index is 13.4. The third-order valence-corrected chi connectivity index (χ3v) is 4.99. The van der Waals surface area contributed by atoms with Gasteiger partial charge in [0.05, 0.1) is 18.2 Å². The Bertz CT molecular complexity index is 1170. The summed E-state index contributed by atoms with van der Waals surface area (Å²) in [7, 11) is 1.64. The van der Waals surface area contributed by atoms with Gasteiger partial charge in [-0.15, -0.1) is 0 Å². The molecule has 28 heavy (non-hydrogen) atoms. The Morgan fingerprint density at radius 3 is 2.46 bits per heavy atom. The number of aryl methyl sites for hydroxylation is 2. The van der Waals surface area contributed by atoms with E-state index >= 15 is 0 Å². The molecule has 0 saturated heterocycles. The van der Waals surface area contributed by atoms with Crippen molar-refractivity contribution in [1.29, 1.82) is 0 Å². The molecule has 1 N–H and O–H groups in total.